The number of carbonyl (C=O) groups is 1. The topological polar surface area (TPSA) is 46.9 Å². The number of rotatable bonds is 4. The van der Waals surface area contributed by atoms with Crippen LogP contribution in [0.25, 0.3) is 0 Å². The Labute approximate surface area is 120 Å². The third kappa shape index (κ3) is 3.56. The fraction of sp³-hybridized carbons (Fsp3) is 0.231. The summed E-state index contributed by atoms with van der Waals surface area (Å²) in [5.74, 6) is 0.0213. The average molecular weight is 355 g/mol. The Hall–Kier alpha value is -1.37. The zero-order valence-corrected chi connectivity index (χ0v) is 12.2. The van der Waals surface area contributed by atoms with E-state index in [0.29, 0.717) is 13.0 Å². The molecule has 0 saturated heterocycles. The Balaban J connectivity index is 1.91. The Morgan fingerprint density at radius 1 is 1.50 bits per heavy atom. The van der Waals surface area contributed by atoms with Crippen LogP contribution in [0.15, 0.2) is 36.9 Å². The molecule has 18 heavy (non-hydrogen) atoms. The van der Waals surface area contributed by atoms with Crippen LogP contribution in [0.3, 0.4) is 0 Å². The molecule has 0 aliphatic heterocycles. The molecular weight excluding hydrogens is 341 g/mol. The van der Waals surface area contributed by atoms with Crippen LogP contribution in [0.4, 0.5) is 5.69 Å². The number of amides is 1. The van der Waals surface area contributed by atoms with Gasteiger partial charge in [0.2, 0.25) is 5.91 Å². The fourth-order valence-electron chi connectivity index (χ4n) is 1.63. The van der Waals surface area contributed by atoms with Crippen molar-refractivity contribution in [3.05, 3.63) is 46.1 Å². The van der Waals surface area contributed by atoms with Crippen LogP contribution in [0, 0.1) is 10.5 Å². The van der Waals surface area contributed by atoms with Gasteiger partial charge in [-0.3, -0.25) is 4.79 Å². The zero-order valence-electron chi connectivity index (χ0n) is 10.1. The van der Waals surface area contributed by atoms with Gasteiger partial charge >= 0.3 is 0 Å². The minimum absolute atomic E-state index is 0.0213. The second-order valence-corrected chi connectivity index (χ2v) is 5.30. The van der Waals surface area contributed by atoms with Crippen LogP contribution < -0.4 is 5.32 Å². The van der Waals surface area contributed by atoms with Crippen molar-refractivity contribution in [2.45, 2.75) is 19.9 Å². The first-order valence-electron chi connectivity index (χ1n) is 5.67. The molecule has 0 radical (unpaired) electrons. The largest absolute Gasteiger partial charge is 0.337 e. The van der Waals surface area contributed by atoms with Crippen LogP contribution in [0.1, 0.15) is 12.0 Å². The van der Waals surface area contributed by atoms with E-state index in [4.69, 9.17) is 0 Å². The Kier molecular flexibility index (Phi) is 4.35. The SMILES string of the molecule is Cc1cc(I)ccc1NC(=O)CCn1ccnc1. The van der Waals surface area contributed by atoms with Crippen molar-refractivity contribution in [3.8, 4) is 0 Å². The van der Waals surface area contributed by atoms with Gasteiger partial charge in [0.1, 0.15) is 0 Å². The highest BCUT2D eigenvalue weighted by Gasteiger charge is 2.05. The molecule has 0 atom stereocenters. The van der Waals surface area contributed by atoms with Gasteiger partial charge < -0.3 is 9.88 Å². The molecule has 0 aliphatic carbocycles. The summed E-state index contributed by atoms with van der Waals surface area (Å²) >= 11 is 2.26. The molecular formula is C13H14IN3O. The van der Waals surface area contributed by atoms with Crippen molar-refractivity contribution < 1.29 is 4.79 Å². The van der Waals surface area contributed by atoms with Gasteiger partial charge in [-0.15, -0.1) is 0 Å². The van der Waals surface area contributed by atoms with E-state index in [-0.39, 0.29) is 5.91 Å². The molecule has 4 nitrogen and oxygen atoms in total. The first kappa shape index (κ1) is 13.1. The minimum atomic E-state index is 0.0213. The Bertz CT molecular complexity index is 537. The van der Waals surface area contributed by atoms with Crippen molar-refractivity contribution in [2.75, 3.05) is 5.32 Å². The summed E-state index contributed by atoms with van der Waals surface area (Å²) in [5.41, 5.74) is 1.96. The van der Waals surface area contributed by atoms with Crippen molar-refractivity contribution in [1.82, 2.24) is 9.55 Å². The van der Waals surface area contributed by atoms with Gasteiger partial charge in [0.25, 0.3) is 0 Å². The van der Waals surface area contributed by atoms with E-state index in [0.717, 1.165) is 11.3 Å². The maximum atomic E-state index is 11.8. The second kappa shape index (κ2) is 5.99. The monoisotopic (exact) mass is 355 g/mol. The van der Waals surface area contributed by atoms with E-state index in [1.807, 2.05) is 35.9 Å². The van der Waals surface area contributed by atoms with E-state index in [1.165, 1.54) is 3.57 Å². The summed E-state index contributed by atoms with van der Waals surface area (Å²) in [6, 6.07) is 5.97. The van der Waals surface area contributed by atoms with Crippen LogP contribution in [-0.4, -0.2) is 15.5 Å². The number of aromatic nitrogens is 2. The number of nitrogens with one attached hydrogen (secondary N) is 1. The molecule has 5 heteroatoms. The lowest BCUT2D eigenvalue weighted by Gasteiger charge is -2.09. The molecule has 0 aliphatic rings. The summed E-state index contributed by atoms with van der Waals surface area (Å²) in [4.78, 5) is 15.7. The molecule has 0 fully saturated rings. The summed E-state index contributed by atoms with van der Waals surface area (Å²) in [5, 5.41) is 2.92. The maximum Gasteiger partial charge on any atom is 0.226 e. The minimum Gasteiger partial charge on any atom is -0.337 e. The highest BCUT2D eigenvalue weighted by molar-refractivity contribution is 14.1. The predicted octanol–water partition coefficient (Wildman–Crippen LogP) is 2.82. The van der Waals surface area contributed by atoms with Gasteiger partial charge in [-0.25, -0.2) is 4.98 Å². The number of anilines is 1. The summed E-state index contributed by atoms with van der Waals surface area (Å²) in [6.07, 6.45) is 5.72. The third-order valence-electron chi connectivity index (χ3n) is 2.62. The lowest BCUT2D eigenvalue weighted by Crippen LogP contribution is -2.14. The van der Waals surface area contributed by atoms with Gasteiger partial charge in [0.15, 0.2) is 0 Å². The van der Waals surface area contributed by atoms with Gasteiger partial charge in [-0.1, -0.05) is 0 Å². The molecule has 2 aromatic rings. The first-order chi connectivity index (χ1) is 8.65. The number of nitrogens with zero attached hydrogens (tertiary/aromatic N) is 2. The number of carbonyl (C=O) groups excluding carboxylic acids is 1. The van der Waals surface area contributed by atoms with Crippen LogP contribution in [0.2, 0.25) is 0 Å². The molecule has 2 rings (SSSR count). The van der Waals surface area contributed by atoms with E-state index < -0.39 is 0 Å². The standard InChI is InChI=1S/C13H14IN3O/c1-10-8-11(14)2-3-12(10)16-13(18)4-6-17-7-5-15-9-17/h2-3,5,7-9H,4,6H2,1H3,(H,16,18). The molecule has 0 bridgehead atoms. The lowest BCUT2D eigenvalue weighted by atomic mass is 10.2. The predicted molar refractivity (Wildman–Crippen MR) is 79.4 cm³/mol. The summed E-state index contributed by atoms with van der Waals surface area (Å²) in [6.45, 7) is 2.64. The molecule has 1 N–H and O–H groups in total. The molecule has 1 amide bonds. The number of benzene rings is 1. The Morgan fingerprint density at radius 3 is 3.00 bits per heavy atom. The van der Waals surface area contributed by atoms with Crippen molar-refractivity contribution >= 4 is 34.2 Å². The van der Waals surface area contributed by atoms with E-state index in [9.17, 15) is 4.79 Å². The molecule has 0 spiro atoms. The maximum absolute atomic E-state index is 11.8. The number of aryl methyl sites for hydroxylation is 2. The van der Waals surface area contributed by atoms with Crippen LogP contribution >= 0.6 is 22.6 Å². The molecule has 1 heterocycles. The second-order valence-electron chi connectivity index (χ2n) is 4.06. The number of hydrogen-bond donors (Lipinski definition) is 1. The highest BCUT2D eigenvalue weighted by Crippen LogP contribution is 2.17. The van der Waals surface area contributed by atoms with Gasteiger partial charge in [0.05, 0.1) is 6.33 Å². The molecule has 1 aromatic carbocycles. The summed E-state index contributed by atoms with van der Waals surface area (Å²) < 4.78 is 3.06. The van der Waals surface area contributed by atoms with Crippen LogP contribution in [-0.2, 0) is 11.3 Å². The molecule has 0 saturated carbocycles. The number of hydrogen-bond acceptors (Lipinski definition) is 2. The van der Waals surface area contributed by atoms with Crippen molar-refractivity contribution in [1.29, 1.82) is 0 Å². The van der Waals surface area contributed by atoms with Crippen LogP contribution in [0.5, 0.6) is 0 Å². The highest BCUT2D eigenvalue weighted by atomic mass is 127. The van der Waals surface area contributed by atoms with Gasteiger partial charge in [0, 0.05) is 34.6 Å². The van der Waals surface area contributed by atoms with E-state index in [2.05, 4.69) is 32.9 Å². The zero-order chi connectivity index (χ0) is 13.0. The molecule has 1 aromatic heterocycles. The fourth-order valence-corrected chi connectivity index (χ4v) is 2.28. The van der Waals surface area contributed by atoms with Crippen molar-refractivity contribution in [3.63, 3.8) is 0 Å². The normalized spacial score (nSPS) is 10.3. The van der Waals surface area contributed by atoms with Gasteiger partial charge in [-0.2, -0.15) is 0 Å². The van der Waals surface area contributed by atoms with Crippen molar-refractivity contribution in [2.24, 2.45) is 0 Å². The quantitative estimate of drug-likeness (QED) is 0.858. The Morgan fingerprint density at radius 2 is 2.33 bits per heavy atom. The van der Waals surface area contributed by atoms with Gasteiger partial charge in [-0.05, 0) is 53.3 Å². The summed E-state index contributed by atoms with van der Waals surface area (Å²) in [7, 11) is 0. The third-order valence-corrected chi connectivity index (χ3v) is 3.29. The molecule has 0 unspecified atom stereocenters. The number of halogens is 1. The van der Waals surface area contributed by atoms with E-state index >= 15 is 0 Å². The lowest BCUT2D eigenvalue weighted by molar-refractivity contribution is -0.116. The average Bonchev–Trinajstić information content (AvgIpc) is 2.83. The first-order valence-corrected chi connectivity index (χ1v) is 6.75. The molecule has 94 valence electrons. The number of imidazole rings is 1. The van der Waals surface area contributed by atoms with E-state index in [1.54, 1.807) is 12.5 Å². The smallest absolute Gasteiger partial charge is 0.226 e.